The average Bonchev–Trinajstić information content (AvgIpc) is 2.35. The summed E-state index contributed by atoms with van der Waals surface area (Å²) in [5, 5.41) is 19.0. The Balaban J connectivity index is 1.69. The van der Waals surface area contributed by atoms with Crippen molar-refractivity contribution in [2.24, 2.45) is 5.92 Å². The van der Waals surface area contributed by atoms with Crippen molar-refractivity contribution in [1.29, 1.82) is 0 Å². The van der Waals surface area contributed by atoms with Gasteiger partial charge in [-0.05, 0) is 30.7 Å². The smallest absolute Gasteiger partial charge is 0.0802 e. The number of hydrogen-bond donors (Lipinski definition) is 2. The van der Waals surface area contributed by atoms with E-state index in [9.17, 15) is 10.2 Å². The molecule has 94 valence electrons. The molecule has 17 heavy (non-hydrogen) atoms. The van der Waals surface area contributed by atoms with Gasteiger partial charge in [-0.1, -0.05) is 30.3 Å². The summed E-state index contributed by atoms with van der Waals surface area (Å²) < 4.78 is 5.65. The van der Waals surface area contributed by atoms with Gasteiger partial charge in [0.15, 0.2) is 0 Å². The monoisotopic (exact) mass is 236 g/mol. The minimum Gasteiger partial charge on any atom is -0.390 e. The van der Waals surface area contributed by atoms with E-state index in [1.165, 1.54) is 5.56 Å². The van der Waals surface area contributed by atoms with E-state index < -0.39 is 12.2 Å². The largest absolute Gasteiger partial charge is 0.390 e. The maximum absolute atomic E-state index is 9.56. The maximum Gasteiger partial charge on any atom is 0.0802 e. The normalized spacial score (nSPS) is 29.2. The second-order valence-corrected chi connectivity index (χ2v) is 4.81. The number of aliphatic hydroxyl groups excluding tert-OH is 2. The van der Waals surface area contributed by atoms with Gasteiger partial charge in [0.1, 0.15) is 0 Å². The Morgan fingerprint density at radius 2 is 1.82 bits per heavy atom. The van der Waals surface area contributed by atoms with E-state index in [1.54, 1.807) is 0 Å². The summed E-state index contributed by atoms with van der Waals surface area (Å²) in [4.78, 5) is 0. The standard InChI is InChI=1S/C14H20O3/c15-13-7-6-12(8-14(13)16)10-17-9-11-4-2-1-3-5-11/h1-5,12-16H,6-10H2. The number of aliphatic hydroxyl groups is 2. The number of rotatable bonds is 4. The summed E-state index contributed by atoms with van der Waals surface area (Å²) in [7, 11) is 0. The predicted molar refractivity (Wildman–Crippen MR) is 65.5 cm³/mol. The number of hydrogen-bond acceptors (Lipinski definition) is 3. The number of ether oxygens (including phenoxy) is 1. The van der Waals surface area contributed by atoms with E-state index >= 15 is 0 Å². The molecule has 1 fully saturated rings. The predicted octanol–water partition coefficient (Wildman–Crippen LogP) is 1.73. The lowest BCUT2D eigenvalue weighted by Gasteiger charge is -2.29. The summed E-state index contributed by atoms with van der Waals surface area (Å²) in [5.41, 5.74) is 1.17. The fourth-order valence-electron chi connectivity index (χ4n) is 2.28. The lowest BCUT2D eigenvalue weighted by atomic mass is 9.86. The van der Waals surface area contributed by atoms with Crippen molar-refractivity contribution in [3.8, 4) is 0 Å². The molecule has 3 heteroatoms. The summed E-state index contributed by atoms with van der Waals surface area (Å²) in [6, 6.07) is 10.1. The Morgan fingerprint density at radius 1 is 1.06 bits per heavy atom. The first-order valence-corrected chi connectivity index (χ1v) is 6.23. The second kappa shape index (κ2) is 6.15. The van der Waals surface area contributed by atoms with Crippen LogP contribution in [0.25, 0.3) is 0 Å². The Kier molecular flexibility index (Phi) is 4.54. The zero-order chi connectivity index (χ0) is 12.1. The molecule has 1 saturated carbocycles. The van der Waals surface area contributed by atoms with E-state index in [4.69, 9.17) is 4.74 Å². The van der Waals surface area contributed by atoms with Crippen molar-refractivity contribution in [1.82, 2.24) is 0 Å². The molecule has 0 amide bonds. The SMILES string of the molecule is OC1CCC(COCc2ccccc2)CC1O. The van der Waals surface area contributed by atoms with Gasteiger partial charge in [-0.25, -0.2) is 0 Å². The number of benzene rings is 1. The van der Waals surface area contributed by atoms with Gasteiger partial charge in [-0.3, -0.25) is 0 Å². The highest BCUT2D eigenvalue weighted by Crippen LogP contribution is 2.25. The van der Waals surface area contributed by atoms with Gasteiger partial charge in [0, 0.05) is 6.61 Å². The van der Waals surface area contributed by atoms with Crippen LogP contribution in [-0.4, -0.2) is 29.0 Å². The first-order valence-electron chi connectivity index (χ1n) is 6.23. The zero-order valence-electron chi connectivity index (χ0n) is 9.96. The van der Waals surface area contributed by atoms with E-state index in [0.29, 0.717) is 32.0 Å². The highest BCUT2D eigenvalue weighted by molar-refractivity contribution is 5.13. The van der Waals surface area contributed by atoms with Crippen molar-refractivity contribution >= 4 is 0 Å². The molecule has 1 aromatic carbocycles. The van der Waals surface area contributed by atoms with E-state index in [0.717, 1.165) is 6.42 Å². The Morgan fingerprint density at radius 3 is 2.53 bits per heavy atom. The Bertz CT molecular complexity index is 325. The molecule has 2 rings (SSSR count). The molecule has 2 N–H and O–H groups in total. The van der Waals surface area contributed by atoms with Crippen LogP contribution in [0.5, 0.6) is 0 Å². The summed E-state index contributed by atoms with van der Waals surface area (Å²) in [6.07, 6.45) is 1.15. The zero-order valence-corrected chi connectivity index (χ0v) is 9.96. The van der Waals surface area contributed by atoms with Crippen molar-refractivity contribution in [2.75, 3.05) is 6.61 Å². The minimum atomic E-state index is -0.575. The molecular formula is C14H20O3. The maximum atomic E-state index is 9.56. The third kappa shape index (κ3) is 3.80. The summed E-state index contributed by atoms with van der Waals surface area (Å²) in [6.45, 7) is 1.29. The van der Waals surface area contributed by atoms with Crippen molar-refractivity contribution < 1.29 is 14.9 Å². The van der Waals surface area contributed by atoms with Crippen LogP contribution in [-0.2, 0) is 11.3 Å². The highest BCUT2D eigenvalue weighted by Gasteiger charge is 2.27. The highest BCUT2D eigenvalue weighted by atomic mass is 16.5. The van der Waals surface area contributed by atoms with E-state index in [2.05, 4.69) is 0 Å². The summed E-state index contributed by atoms with van der Waals surface area (Å²) in [5.74, 6) is 0.372. The molecule has 0 aromatic heterocycles. The quantitative estimate of drug-likeness (QED) is 0.837. The fraction of sp³-hybridized carbons (Fsp3) is 0.571. The van der Waals surface area contributed by atoms with Crippen LogP contribution in [0, 0.1) is 5.92 Å². The van der Waals surface area contributed by atoms with E-state index in [1.807, 2.05) is 30.3 Å². The Hall–Kier alpha value is -0.900. The minimum absolute atomic E-state index is 0.372. The Labute approximate surface area is 102 Å². The molecule has 1 aliphatic carbocycles. The molecule has 3 atom stereocenters. The first kappa shape index (κ1) is 12.6. The van der Waals surface area contributed by atoms with Crippen LogP contribution >= 0.6 is 0 Å². The van der Waals surface area contributed by atoms with Crippen LogP contribution in [0.4, 0.5) is 0 Å². The molecule has 0 heterocycles. The lowest BCUT2D eigenvalue weighted by Crippen LogP contribution is -2.34. The van der Waals surface area contributed by atoms with Crippen LogP contribution in [0.1, 0.15) is 24.8 Å². The van der Waals surface area contributed by atoms with Gasteiger partial charge in [0.25, 0.3) is 0 Å². The third-order valence-electron chi connectivity index (χ3n) is 3.35. The molecule has 3 nitrogen and oxygen atoms in total. The molecule has 0 bridgehead atoms. The van der Waals surface area contributed by atoms with Crippen LogP contribution in [0.3, 0.4) is 0 Å². The van der Waals surface area contributed by atoms with Gasteiger partial charge in [-0.15, -0.1) is 0 Å². The molecule has 0 saturated heterocycles. The molecule has 0 spiro atoms. The van der Waals surface area contributed by atoms with Gasteiger partial charge >= 0.3 is 0 Å². The van der Waals surface area contributed by atoms with Gasteiger partial charge in [0.05, 0.1) is 18.8 Å². The van der Waals surface area contributed by atoms with Crippen LogP contribution in [0.15, 0.2) is 30.3 Å². The molecule has 0 aliphatic heterocycles. The van der Waals surface area contributed by atoms with Crippen LogP contribution < -0.4 is 0 Å². The van der Waals surface area contributed by atoms with Crippen LogP contribution in [0.2, 0.25) is 0 Å². The molecule has 3 unspecified atom stereocenters. The topological polar surface area (TPSA) is 49.7 Å². The molecule has 0 radical (unpaired) electrons. The third-order valence-corrected chi connectivity index (χ3v) is 3.35. The van der Waals surface area contributed by atoms with Gasteiger partial charge in [-0.2, -0.15) is 0 Å². The van der Waals surface area contributed by atoms with Crippen molar-refractivity contribution in [2.45, 2.75) is 38.1 Å². The molecule has 1 aliphatic rings. The van der Waals surface area contributed by atoms with Gasteiger partial charge < -0.3 is 14.9 Å². The van der Waals surface area contributed by atoms with Crippen molar-refractivity contribution in [3.63, 3.8) is 0 Å². The average molecular weight is 236 g/mol. The van der Waals surface area contributed by atoms with Gasteiger partial charge in [0.2, 0.25) is 0 Å². The molecule has 1 aromatic rings. The van der Waals surface area contributed by atoms with E-state index in [-0.39, 0.29) is 0 Å². The van der Waals surface area contributed by atoms with Crippen molar-refractivity contribution in [3.05, 3.63) is 35.9 Å². The lowest BCUT2D eigenvalue weighted by molar-refractivity contribution is -0.0425. The molecular weight excluding hydrogens is 216 g/mol. The first-order chi connectivity index (χ1) is 8.25. The second-order valence-electron chi connectivity index (χ2n) is 4.81. The summed E-state index contributed by atoms with van der Waals surface area (Å²) >= 11 is 0. The fourth-order valence-corrected chi connectivity index (χ4v) is 2.28.